The lowest BCUT2D eigenvalue weighted by molar-refractivity contribution is 0.102. The Hall–Kier alpha value is -4.16. The lowest BCUT2D eigenvalue weighted by Crippen LogP contribution is -2.40. The molecule has 3 aromatic rings. The van der Waals surface area contributed by atoms with Crippen LogP contribution < -0.4 is 26.8 Å². The summed E-state index contributed by atoms with van der Waals surface area (Å²) in [6, 6.07) is 9.10. The SMILES string of the molecule is N=Cc1c(NC2CCOC2)ccc(NC(=O)c2ccc(=O)n(-c3c(F)cccc3F)n2)c1N1CCC(N)CC1. The van der Waals surface area contributed by atoms with Crippen LogP contribution in [-0.4, -0.2) is 60.3 Å². The smallest absolute Gasteiger partial charge is 0.276 e. The van der Waals surface area contributed by atoms with Crippen molar-refractivity contribution in [3.8, 4) is 5.69 Å². The molecule has 2 aliphatic heterocycles. The number of anilines is 3. The molecule has 1 amide bonds. The number of nitrogens with two attached hydrogens (primary N) is 1. The second-order valence-electron chi connectivity index (χ2n) is 9.59. The maximum Gasteiger partial charge on any atom is 0.276 e. The van der Waals surface area contributed by atoms with Crippen molar-refractivity contribution in [2.45, 2.75) is 31.3 Å². The van der Waals surface area contributed by atoms with Gasteiger partial charge in [-0.3, -0.25) is 9.59 Å². The minimum Gasteiger partial charge on any atom is -0.379 e. The average Bonchev–Trinajstić information content (AvgIpc) is 3.44. The number of benzene rings is 2. The zero-order valence-electron chi connectivity index (χ0n) is 21.1. The van der Waals surface area contributed by atoms with Crippen molar-refractivity contribution in [1.29, 1.82) is 5.41 Å². The van der Waals surface area contributed by atoms with E-state index in [9.17, 15) is 18.4 Å². The number of amides is 1. The van der Waals surface area contributed by atoms with Crippen LogP contribution in [0.2, 0.25) is 0 Å². The predicted octanol–water partition coefficient (Wildman–Crippen LogP) is 2.89. The first kappa shape index (κ1) is 26.4. The Morgan fingerprint density at radius 2 is 1.77 bits per heavy atom. The third kappa shape index (κ3) is 5.52. The molecular formula is C27H29F2N7O3. The molecule has 12 heteroatoms. The number of rotatable bonds is 7. The number of piperidine rings is 1. The van der Waals surface area contributed by atoms with Gasteiger partial charge >= 0.3 is 0 Å². The van der Waals surface area contributed by atoms with Gasteiger partial charge in [-0.2, -0.15) is 9.78 Å². The van der Waals surface area contributed by atoms with E-state index in [0.717, 1.165) is 43.1 Å². The van der Waals surface area contributed by atoms with E-state index >= 15 is 0 Å². The topological polar surface area (TPSA) is 138 Å². The zero-order chi connectivity index (χ0) is 27.5. The van der Waals surface area contributed by atoms with Gasteiger partial charge in [0.15, 0.2) is 11.6 Å². The molecule has 2 saturated heterocycles. The second kappa shape index (κ2) is 11.3. The van der Waals surface area contributed by atoms with Crippen LogP contribution in [0.15, 0.2) is 47.3 Å². The van der Waals surface area contributed by atoms with Gasteiger partial charge < -0.3 is 31.4 Å². The van der Waals surface area contributed by atoms with Crippen molar-refractivity contribution >= 4 is 29.2 Å². The van der Waals surface area contributed by atoms with Crippen LogP contribution >= 0.6 is 0 Å². The van der Waals surface area contributed by atoms with Crippen molar-refractivity contribution in [3.05, 3.63) is 75.7 Å². The minimum absolute atomic E-state index is 0.0729. The van der Waals surface area contributed by atoms with Crippen LogP contribution in [0.3, 0.4) is 0 Å². The van der Waals surface area contributed by atoms with Gasteiger partial charge in [0.2, 0.25) is 0 Å². The van der Waals surface area contributed by atoms with Crippen molar-refractivity contribution in [3.63, 3.8) is 0 Å². The van der Waals surface area contributed by atoms with Gasteiger partial charge in [-0.05, 0) is 49.6 Å². The summed E-state index contributed by atoms with van der Waals surface area (Å²) in [5.74, 6) is -2.66. The first-order valence-corrected chi connectivity index (χ1v) is 12.7. The van der Waals surface area contributed by atoms with Crippen LogP contribution in [0, 0.1) is 17.0 Å². The lowest BCUT2D eigenvalue weighted by atomic mass is 10.0. The Morgan fingerprint density at radius 3 is 2.44 bits per heavy atom. The average molecular weight is 538 g/mol. The van der Waals surface area contributed by atoms with E-state index < -0.39 is 28.8 Å². The Kier molecular flexibility index (Phi) is 7.66. The van der Waals surface area contributed by atoms with Gasteiger partial charge in [0.25, 0.3) is 11.5 Å². The highest BCUT2D eigenvalue weighted by atomic mass is 19.1. The number of hydrogen-bond donors (Lipinski definition) is 4. The largest absolute Gasteiger partial charge is 0.379 e. The van der Waals surface area contributed by atoms with Gasteiger partial charge in [0.1, 0.15) is 11.4 Å². The first-order valence-electron chi connectivity index (χ1n) is 12.7. The Morgan fingerprint density at radius 1 is 1.05 bits per heavy atom. The van der Waals surface area contributed by atoms with Crippen LogP contribution in [-0.2, 0) is 4.74 Å². The van der Waals surface area contributed by atoms with Crippen molar-refractivity contribution in [2.24, 2.45) is 5.73 Å². The molecule has 1 aromatic heterocycles. The van der Waals surface area contributed by atoms with Crippen LogP contribution in [0.4, 0.5) is 25.8 Å². The maximum atomic E-state index is 14.4. The fraction of sp³-hybridized carbons (Fsp3) is 0.333. The predicted molar refractivity (Wildman–Crippen MR) is 144 cm³/mol. The minimum atomic E-state index is -0.987. The molecule has 2 aliphatic rings. The summed E-state index contributed by atoms with van der Waals surface area (Å²) in [5, 5.41) is 18.4. The lowest BCUT2D eigenvalue weighted by Gasteiger charge is -2.35. The van der Waals surface area contributed by atoms with E-state index in [1.54, 1.807) is 12.1 Å². The zero-order valence-corrected chi connectivity index (χ0v) is 21.1. The summed E-state index contributed by atoms with van der Waals surface area (Å²) < 4.78 is 34.7. The number of halogens is 2. The van der Waals surface area contributed by atoms with Crippen LogP contribution in [0.5, 0.6) is 0 Å². The van der Waals surface area contributed by atoms with Gasteiger partial charge in [-0.15, -0.1) is 0 Å². The maximum absolute atomic E-state index is 14.4. The molecule has 10 nitrogen and oxygen atoms in total. The number of nitrogens with zero attached hydrogens (tertiary/aromatic N) is 3. The van der Waals surface area contributed by atoms with Gasteiger partial charge in [-0.1, -0.05) is 6.07 Å². The molecule has 3 heterocycles. The number of nitrogens with one attached hydrogen (secondary N) is 3. The fourth-order valence-corrected chi connectivity index (χ4v) is 4.88. The Bertz CT molecular complexity index is 1430. The van der Waals surface area contributed by atoms with Gasteiger partial charge in [0, 0.05) is 49.3 Å². The molecule has 204 valence electrons. The molecule has 0 spiro atoms. The molecular weight excluding hydrogens is 508 g/mol. The number of carbonyl (C=O) groups is 1. The molecule has 5 rings (SSSR count). The van der Waals surface area contributed by atoms with Gasteiger partial charge in [-0.25, -0.2) is 8.78 Å². The molecule has 1 atom stereocenters. The monoisotopic (exact) mass is 537 g/mol. The summed E-state index contributed by atoms with van der Waals surface area (Å²) in [6.45, 7) is 2.50. The number of carbonyl (C=O) groups excluding carboxylic acids is 1. The Balaban J connectivity index is 1.51. The highest BCUT2D eigenvalue weighted by molar-refractivity contribution is 6.08. The number of hydrogen-bond acceptors (Lipinski definition) is 8. The number of ether oxygens (including phenoxy) is 1. The van der Waals surface area contributed by atoms with Crippen molar-refractivity contribution in [1.82, 2.24) is 9.78 Å². The van der Waals surface area contributed by atoms with E-state index in [-0.39, 0.29) is 17.8 Å². The quantitative estimate of drug-likeness (QED) is 0.340. The molecule has 0 radical (unpaired) electrons. The van der Waals surface area contributed by atoms with Gasteiger partial charge in [0.05, 0.1) is 24.0 Å². The van der Waals surface area contributed by atoms with E-state index in [2.05, 4.69) is 20.6 Å². The summed E-state index contributed by atoms with van der Waals surface area (Å²) in [6.07, 6.45) is 3.59. The molecule has 0 saturated carbocycles. The molecule has 2 fully saturated rings. The summed E-state index contributed by atoms with van der Waals surface area (Å²) >= 11 is 0. The first-order chi connectivity index (χ1) is 18.9. The highest BCUT2D eigenvalue weighted by Gasteiger charge is 2.26. The molecule has 39 heavy (non-hydrogen) atoms. The fourth-order valence-electron chi connectivity index (χ4n) is 4.88. The Labute approximate surface area is 223 Å². The van der Waals surface area contributed by atoms with Crippen molar-refractivity contribution in [2.75, 3.05) is 41.8 Å². The molecule has 0 aliphatic carbocycles. The molecule has 5 N–H and O–H groups in total. The second-order valence-corrected chi connectivity index (χ2v) is 9.59. The molecule has 1 unspecified atom stereocenters. The normalized spacial score (nSPS) is 17.7. The summed E-state index contributed by atoms with van der Waals surface area (Å²) in [7, 11) is 0. The summed E-state index contributed by atoms with van der Waals surface area (Å²) in [5.41, 5.74) is 6.86. The third-order valence-electron chi connectivity index (χ3n) is 6.94. The van der Waals surface area contributed by atoms with E-state index in [1.165, 1.54) is 18.3 Å². The van der Waals surface area contributed by atoms with Crippen molar-refractivity contribution < 1.29 is 18.3 Å². The van der Waals surface area contributed by atoms with Crippen LogP contribution in [0.25, 0.3) is 5.69 Å². The van der Waals surface area contributed by atoms with E-state index in [1.807, 2.05) is 0 Å². The van der Waals surface area contributed by atoms with E-state index in [4.69, 9.17) is 15.9 Å². The third-order valence-corrected chi connectivity index (χ3v) is 6.94. The van der Waals surface area contributed by atoms with E-state index in [0.29, 0.717) is 47.9 Å². The molecule has 2 aromatic carbocycles. The highest BCUT2D eigenvalue weighted by Crippen LogP contribution is 2.37. The van der Waals surface area contributed by atoms with Crippen LogP contribution in [0.1, 0.15) is 35.3 Å². The number of aromatic nitrogens is 2. The molecule has 0 bridgehead atoms. The standard InChI is InChI=1S/C27H29F2N7O3/c28-19-2-1-3-20(29)26(19)36-24(37)7-6-23(34-36)27(38)33-22-5-4-21(32-17-10-13-39-15-17)18(14-30)25(22)35-11-8-16(31)9-12-35/h1-7,14,16-17,30,32H,8-13,15,31H2,(H,33,38). The summed E-state index contributed by atoms with van der Waals surface area (Å²) in [4.78, 5) is 27.8. The number of para-hydroxylation sites is 1.